The van der Waals surface area contributed by atoms with Gasteiger partial charge in [0.15, 0.2) is 0 Å². The molecule has 0 unspecified atom stereocenters. The molecule has 2 fully saturated rings. The number of nitrogens with one attached hydrogen (secondary N) is 2. The van der Waals surface area contributed by atoms with Crippen LogP contribution in [0.25, 0.3) is 10.9 Å². The van der Waals surface area contributed by atoms with Crippen LogP contribution >= 0.6 is 0 Å². The van der Waals surface area contributed by atoms with Gasteiger partial charge in [0.1, 0.15) is 0 Å². The molecule has 1 aliphatic carbocycles. The number of aromatic amines is 1. The van der Waals surface area contributed by atoms with Gasteiger partial charge in [-0.1, -0.05) is 24.6 Å². The Hall–Kier alpha value is -1.81. The summed E-state index contributed by atoms with van der Waals surface area (Å²) in [5, 5.41) is 4.34. The zero-order valence-corrected chi connectivity index (χ0v) is 14.5. The van der Waals surface area contributed by atoms with Crippen molar-refractivity contribution < 1.29 is 4.79 Å². The fourth-order valence-electron chi connectivity index (χ4n) is 3.98. The van der Waals surface area contributed by atoms with Crippen molar-refractivity contribution in [3.63, 3.8) is 0 Å². The molecule has 2 heterocycles. The number of hydrogen-bond donors (Lipinski definition) is 2. The van der Waals surface area contributed by atoms with Crippen molar-refractivity contribution in [2.75, 3.05) is 25.0 Å². The molecule has 2 aromatic rings. The van der Waals surface area contributed by atoms with Crippen molar-refractivity contribution >= 4 is 22.5 Å². The first kappa shape index (κ1) is 15.7. The van der Waals surface area contributed by atoms with Crippen LogP contribution in [0.1, 0.15) is 44.2 Å². The molecule has 1 aromatic heterocycles. The fraction of sp³-hybridized carbons (Fsp3) is 0.550. The van der Waals surface area contributed by atoms with Crippen LogP contribution in [0.3, 0.4) is 0 Å². The van der Waals surface area contributed by atoms with Crippen LogP contribution < -0.4 is 5.32 Å². The first-order valence-electron chi connectivity index (χ1n) is 9.29. The molecule has 24 heavy (non-hydrogen) atoms. The number of carbonyl (C=O) groups excluding carboxylic acids is 1. The highest BCUT2D eigenvalue weighted by Gasteiger charge is 2.49. The van der Waals surface area contributed by atoms with Gasteiger partial charge in [-0.05, 0) is 64.7 Å². The summed E-state index contributed by atoms with van der Waals surface area (Å²) in [6, 6.07) is 8.17. The summed E-state index contributed by atoms with van der Waals surface area (Å²) in [5.41, 5.74) is 2.96. The van der Waals surface area contributed by atoms with Gasteiger partial charge in [0.2, 0.25) is 5.91 Å². The minimum Gasteiger partial charge on any atom is -0.357 e. The fourth-order valence-corrected chi connectivity index (χ4v) is 3.98. The number of benzene rings is 1. The van der Waals surface area contributed by atoms with Crippen LogP contribution in [0.2, 0.25) is 0 Å². The van der Waals surface area contributed by atoms with Gasteiger partial charge in [0.25, 0.3) is 0 Å². The largest absolute Gasteiger partial charge is 0.357 e. The molecule has 1 amide bonds. The quantitative estimate of drug-likeness (QED) is 0.870. The van der Waals surface area contributed by atoms with Crippen molar-refractivity contribution in [1.82, 2.24) is 9.88 Å². The number of para-hydroxylation sites is 1. The lowest BCUT2D eigenvalue weighted by atomic mass is 9.99. The van der Waals surface area contributed by atoms with Crippen molar-refractivity contribution in [1.29, 1.82) is 0 Å². The van der Waals surface area contributed by atoms with Crippen LogP contribution in [0.4, 0.5) is 5.69 Å². The Morgan fingerprint density at radius 3 is 2.71 bits per heavy atom. The Bertz CT molecular complexity index is 738. The van der Waals surface area contributed by atoms with Gasteiger partial charge in [-0.3, -0.25) is 4.79 Å². The van der Waals surface area contributed by atoms with E-state index in [0.717, 1.165) is 48.1 Å². The number of hydrogen-bond acceptors (Lipinski definition) is 2. The predicted octanol–water partition coefficient (Wildman–Crippen LogP) is 4.07. The van der Waals surface area contributed by atoms with E-state index in [9.17, 15) is 4.79 Å². The van der Waals surface area contributed by atoms with Gasteiger partial charge in [-0.15, -0.1) is 0 Å². The zero-order chi connectivity index (χ0) is 16.6. The molecule has 0 spiro atoms. The number of carbonyl (C=O) groups is 1. The summed E-state index contributed by atoms with van der Waals surface area (Å²) in [6.07, 6.45) is 7.06. The van der Waals surface area contributed by atoms with E-state index in [1.165, 1.54) is 32.4 Å². The summed E-state index contributed by atoms with van der Waals surface area (Å²) in [5.74, 6) is 0.215. The van der Waals surface area contributed by atoms with Gasteiger partial charge >= 0.3 is 0 Å². The third kappa shape index (κ3) is 2.95. The summed E-state index contributed by atoms with van der Waals surface area (Å²) in [6.45, 7) is 5.52. The molecule has 128 valence electrons. The van der Waals surface area contributed by atoms with Crippen LogP contribution in [0.15, 0.2) is 24.3 Å². The van der Waals surface area contributed by atoms with Crippen molar-refractivity contribution in [3.8, 4) is 0 Å². The molecule has 0 radical (unpaired) electrons. The van der Waals surface area contributed by atoms with Crippen molar-refractivity contribution in [3.05, 3.63) is 30.0 Å². The van der Waals surface area contributed by atoms with E-state index in [4.69, 9.17) is 0 Å². The number of nitrogens with zero attached hydrogens (tertiary/aromatic N) is 1. The van der Waals surface area contributed by atoms with Crippen LogP contribution in [-0.4, -0.2) is 35.4 Å². The number of piperidine rings is 1. The number of rotatable bonds is 5. The highest BCUT2D eigenvalue weighted by Crippen LogP contribution is 2.50. The number of amides is 1. The Kier molecular flexibility index (Phi) is 4.09. The van der Waals surface area contributed by atoms with Crippen molar-refractivity contribution in [2.24, 2.45) is 5.41 Å². The van der Waals surface area contributed by atoms with E-state index >= 15 is 0 Å². The molecule has 4 heteroatoms. The number of H-pyrrole nitrogens is 1. The smallest absolute Gasteiger partial charge is 0.230 e. The van der Waals surface area contributed by atoms with Gasteiger partial charge in [-0.25, -0.2) is 0 Å². The van der Waals surface area contributed by atoms with Gasteiger partial charge in [-0.2, -0.15) is 0 Å². The van der Waals surface area contributed by atoms with Crippen LogP contribution in [0.5, 0.6) is 0 Å². The Morgan fingerprint density at radius 1 is 1.21 bits per heavy atom. The molecule has 2 aliphatic rings. The standard InChI is InChI=1S/C20H27N3O/c1-15-18(16-7-3-4-8-17(16)21-15)22-19(24)20(9-10-20)11-14-23-12-5-2-6-13-23/h3-4,7-8,21H,2,5-6,9-14H2,1H3,(H,22,24). The third-order valence-corrected chi connectivity index (χ3v) is 5.82. The molecule has 1 saturated heterocycles. The molecule has 1 aromatic carbocycles. The number of aromatic nitrogens is 1. The Morgan fingerprint density at radius 2 is 1.96 bits per heavy atom. The summed E-state index contributed by atoms with van der Waals surface area (Å²) >= 11 is 0. The number of aryl methyl sites for hydroxylation is 1. The molecule has 1 aliphatic heterocycles. The molecule has 4 rings (SSSR count). The lowest BCUT2D eigenvalue weighted by Crippen LogP contribution is -2.34. The van der Waals surface area contributed by atoms with E-state index in [1.54, 1.807) is 0 Å². The summed E-state index contributed by atoms with van der Waals surface area (Å²) in [4.78, 5) is 18.8. The van der Waals surface area contributed by atoms with Gasteiger partial charge in [0.05, 0.1) is 11.1 Å². The predicted molar refractivity (Wildman–Crippen MR) is 98.2 cm³/mol. The normalized spacial score (nSPS) is 20.2. The topological polar surface area (TPSA) is 48.1 Å². The monoisotopic (exact) mass is 325 g/mol. The SMILES string of the molecule is Cc1[nH]c2ccccc2c1NC(=O)C1(CCN2CCCCC2)CC1. The van der Waals surface area contributed by atoms with Gasteiger partial charge < -0.3 is 15.2 Å². The minimum atomic E-state index is -0.123. The molecule has 1 saturated carbocycles. The summed E-state index contributed by atoms with van der Waals surface area (Å²) < 4.78 is 0. The maximum atomic E-state index is 12.9. The van der Waals surface area contributed by atoms with E-state index in [-0.39, 0.29) is 11.3 Å². The maximum Gasteiger partial charge on any atom is 0.230 e. The molecule has 4 nitrogen and oxygen atoms in total. The van der Waals surface area contributed by atoms with Crippen molar-refractivity contribution in [2.45, 2.75) is 45.4 Å². The highest BCUT2D eigenvalue weighted by atomic mass is 16.2. The average Bonchev–Trinajstić information content (AvgIpc) is 3.34. The Balaban J connectivity index is 1.44. The second kappa shape index (κ2) is 6.25. The van der Waals surface area contributed by atoms with E-state index < -0.39 is 0 Å². The highest BCUT2D eigenvalue weighted by molar-refractivity contribution is 6.05. The third-order valence-electron chi connectivity index (χ3n) is 5.82. The first-order valence-corrected chi connectivity index (χ1v) is 9.29. The average molecular weight is 325 g/mol. The number of fused-ring (bicyclic) bond motifs is 1. The molecular weight excluding hydrogens is 298 g/mol. The van der Waals surface area contributed by atoms with Gasteiger partial charge in [0, 0.05) is 16.6 Å². The summed E-state index contributed by atoms with van der Waals surface area (Å²) in [7, 11) is 0. The lowest BCUT2D eigenvalue weighted by Gasteiger charge is -2.28. The molecule has 2 N–H and O–H groups in total. The second-order valence-electron chi connectivity index (χ2n) is 7.56. The van der Waals surface area contributed by atoms with Crippen LogP contribution in [-0.2, 0) is 4.79 Å². The van der Waals surface area contributed by atoms with E-state index in [0.29, 0.717) is 0 Å². The molecular formula is C20H27N3O. The minimum absolute atomic E-state index is 0.123. The number of likely N-dealkylation sites (tertiary alicyclic amines) is 1. The second-order valence-corrected chi connectivity index (χ2v) is 7.56. The lowest BCUT2D eigenvalue weighted by molar-refractivity contribution is -0.121. The molecule has 0 atom stereocenters. The maximum absolute atomic E-state index is 12.9. The zero-order valence-electron chi connectivity index (χ0n) is 14.5. The van der Waals surface area contributed by atoms with E-state index in [2.05, 4.69) is 27.3 Å². The van der Waals surface area contributed by atoms with E-state index in [1.807, 2.05) is 19.1 Å². The number of anilines is 1. The first-order chi connectivity index (χ1) is 11.7. The van der Waals surface area contributed by atoms with Crippen LogP contribution in [0, 0.1) is 12.3 Å². The Labute approximate surface area is 143 Å². The molecule has 0 bridgehead atoms.